The van der Waals surface area contributed by atoms with E-state index in [4.69, 9.17) is 4.74 Å². The number of aryl methyl sites for hydroxylation is 1. The molecular formula is C20H30IN3OS. The Morgan fingerprint density at radius 3 is 2.42 bits per heavy atom. The van der Waals surface area contributed by atoms with Gasteiger partial charge in [0.1, 0.15) is 0 Å². The quantitative estimate of drug-likeness (QED) is 0.322. The number of halogens is 1. The standard InChI is InChI=1S/C20H29N3OS.HI/c1-5-18-9-10-19(25-18)13-23-20(21-4)22-12-16-7-6-8-17(11-16)14-24-15(2)3;/h6-11,15H,5,12-14H2,1-4H3,(H2,21,22,23);1H. The van der Waals surface area contributed by atoms with Gasteiger partial charge in [0, 0.05) is 23.3 Å². The molecule has 0 bridgehead atoms. The van der Waals surface area contributed by atoms with Crippen LogP contribution in [0.25, 0.3) is 0 Å². The highest BCUT2D eigenvalue weighted by Crippen LogP contribution is 2.16. The molecule has 1 heterocycles. The third-order valence-electron chi connectivity index (χ3n) is 3.75. The van der Waals surface area contributed by atoms with Gasteiger partial charge in [0.05, 0.1) is 19.3 Å². The third-order valence-corrected chi connectivity index (χ3v) is 4.98. The summed E-state index contributed by atoms with van der Waals surface area (Å²) in [7, 11) is 1.80. The average Bonchev–Trinajstić information content (AvgIpc) is 3.08. The summed E-state index contributed by atoms with van der Waals surface area (Å²) in [5.74, 6) is 0.815. The minimum atomic E-state index is 0. The third kappa shape index (κ3) is 8.05. The molecule has 144 valence electrons. The number of hydrogen-bond donors (Lipinski definition) is 2. The van der Waals surface area contributed by atoms with Gasteiger partial charge in [-0.2, -0.15) is 0 Å². The first-order valence-corrected chi connectivity index (χ1v) is 9.64. The number of nitrogens with one attached hydrogen (secondary N) is 2. The van der Waals surface area contributed by atoms with Crippen LogP contribution < -0.4 is 10.6 Å². The van der Waals surface area contributed by atoms with E-state index in [2.05, 4.69) is 72.8 Å². The summed E-state index contributed by atoms with van der Waals surface area (Å²) in [6.45, 7) is 8.48. The normalized spacial score (nSPS) is 11.3. The van der Waals surface area contributed by atoms with E-state index in [1.807, 2.05) is 11.3 Å². The molecule has 1 aromatic heterocycles. The first kappa shape index (κ1) is 22.9. The minimum absolute atomic E-state index is 0. The van der Waals surface area contributed by atoms with E-state index in [1.165, 1.54) is 20.9 Å². The molecule has 2 aromatic rings. The van der Waals surface area contributed by atoms with E-state index in [1.54, 1.807) is 7.05 Å². The zero-order chi connectivity index (χ0) is 18.1. The molecule has 0 saturated carbocycles. The summed E-state index contributed by atoms with van der Waals surface area (Å²) < 4.78 is 5.67. The molecule has 1 aromatic carbocycles. The smallest absolute Gasteiger partial charge is 0.191 e. The molecule has 0 amide bonds. The fourth-order valence-corrected chi connectivity index (χ4v) is 3.27. The molecule has 2 N–H and O–H groups in total. The van der Waals surface area contributed by atoms with Crippen molar-refractivity contribution < 1.29 is 4.74 Å². The first-order valence-electron chi connectivity index (χ1n) is 8.82. The van der Waals surface area contributed by atoms with Crippen molar-refractivity contribution in [3.05, 3.63) is 57.3 Å². The number of guanidine groups is 1. The molecule has 6 heteroatoms. The van der Waals surface area contributed by atoms with Crippen molar-refractivity contribution in [2.24, 2.45) is 4.99 Å². The lowest BCUT2D eigenvalue weighted by Crippen LogP contribution is -2.36. The molecule has 4 nitrogen and oxygen atoms in total. The largest absolute Gasteiger partial charge is 0.374 e. The molecular weight excluding hydrogens is 457 g/mol. The first-order chi connectivity index (χ1) is 12.1. The molecule has 0 atom stereocenters. The Labute approximate surface area is 178 Å². The summed E-state index contributed by atoms with van der Waals surface area (Å²) >= 11 is 1.85. The lowest BCUT2D eigenvalue weighted by Gasteiger charge is -2.12. The zero-order valence-electron chi connectivity index (χ0n) is 16.0. The van der Waals surface area contributed by atoms with Gasteiger partial charge >= 0.3 is 0 Å². The van der Waals surface area contributed by atoms with Crippen LogP contribution >= 0.6 is 35.3 Å². The van der Waals surface area contributed by atoms with Crippen molar-refractivity contribution in [3.63, 3.8) is 0 Å². The van der Waals surface area contributed by atoms with Gasteiger partial charge in [0.2, 0.25) is 0 Å². The Morgan fingerprint density at radius 2 is 1.77 bits per heavy atom. The predicted molar refractivity (Wildman–Crippen MR) is 123 cm³/mol. The van der Waals surface area contributed by atoms with Gasteiger partial charge in [-0.1, -0.05) is 31.2 Å². The summed E-state index contributed by atoms with van der Waals surface area (Å²) in [6.07, 6.45) is 1.34. The van der Waals surface area contributed by atoms with Gasteiger partial charge in [-0.3, -0.25) is 4.99 Å². The van der Waals surface area contributed by atoms with Gasteiger partial charge in [-0.15, -0.1) is 35.3 Å². The molecule has 0 aliphatic rings. The Hall–Kier alpha value is -1.12. The number of thiophene rings is 1. The Bertz CT molecular complexity index is 685. The van der Waals surface area contributed by atoms with E-state index in [0.29, 0.717) is 6.61 Å². The number of ether oxygens (including phenoxy) is 1. The zero-order valence-corrected chi connectivity index (χ0v) is 19.2. The van der Waals surface area contributed by atoms with Crippen molar-refractivity contribution in [1.29, 1.82) is 0 Å². The van der Waals surface area contributed by atoms with Crippen molar-refractivity contribution in [3.8, 4) is 0 Å². The van der Waals surface area contributed by atoms with Crippen LogP contribution in [0.3, 0.4) is 0 Å². The van der Waals surface area contributed by atoms with Crippen LogP contribution in [0.1, 0.15) is 41.7 Å². The van der Waals surface area contributed by atoms with E-state index in [0.717, 1.165) is 25.5 Å². The van der Waals surface area contributed by atoms with E-state index in [-0.39, 0.29) is 30.1 Å². The minimum Gasteiger partial charge on any atom is -0.374 e. The molecule has 0 aliphatic heterocycles. The molecule has 0 fully saturated rings. The highest BCUT2D eigenvalue weighted by molar-refractivity contribution is 14.0. The number of nitrogens with zero attached hydrogens (tertiary/aromatic N) is 1. The number of benzene rings is 1. The fraction of sp³-hybridized carbons (Fsp3) is 0.450. The van der Waals surface area contributed by atoms with Crippen LogP contribution in [-0.2, 0) is 30.9 Å². The van der Waals surface area contributed by atoms with Crippen molar-refractivity contribution in [2.75, 3.05) is 7.05 Å². The van der Waals surface area contributed by atoms with Gasteiger partial charge in [-0.05, 0) is 43.5 Å². The van der Waals surface area contributed by atoms with Crippen LogP contribution in [0, 0.1) is 0 Å². The van der Waals surface area contributed by atoms with Gasteiger partial charge < -0.3 is 15.4 Å². The summed E-state index contributed by atoms with van der Waals surface area (Å²) in [5.41, 5.74) is 2.42. The maximum atomic E-state index is 5.67. The number of rotatable bonds is 8. The maximum Gasteiger partial charge on any atom is 0.191 e. The Kier molecular flexibility index (Phi) is 10.8. The second kappa shape index (κ2) is 12.3. The monoisotopic (exact) mass is 487 g/mol. The number of hydrogen-bond acceptors (Lipinski definition) is 3. The van der Waals surface area contributed by atoms with Crippen LogP contribution in [0.15, 0.2) is 41.4 Å². The van der Waals surface area contributed by atoms with Gasteiger partial charge in [-0.25, -0.2) is 0 Å². The second-order valence-electron chi connectivity index (χ2n) is 6.18. The molecule has 0 unspecified atom stereocenters. The molecule has 0 radical (unpaired) electrons. The van der Waals surface area contributed by atoms with Crippen LogP contribution in [0.4, 0.5) is 0 Å². The lowest BCUT2D eigenvalue weighted by molar-refractivity contribution is 0.0657. The second-order valence-corrected chi connectivity index (χ2v) is 7.43. The summed E-state index contributed by atoms with van der Waals surface area (Å²) in [5, 5.41) is 6.74. The molecule has 0 aliphatic carbocycles. The van der Waals surface area contributed by atoms with Gasteiger partial charge in [0.15, 0.2) is 5.96 Å². The maximum absolute atomic E-state index is 5.67. The Balaban J connectivity index is 0.00000338. The SMILES string of the molecule is CCc1ccc(CNC(=NC)NCc2cccc(COC(C)C)c2)s1.I. The fourth-order valence-electron chi connectivity index (χ4n) is 2.38. The molecule has 0 spiro atoms. The van der Waals surface area contributed by atoms with E-state index < -0.39 is 0 Å². The number of aliphatic imine (C=N–C) groups is 1. The van der Waals surface area contributed by atoms with Crippen LogP contribution in [-0.4, -0.2) is 19.1 Å². The molecule has 2 rings (SSSR count). The van der Waals surface area contributed by atoms with Crippen molar-refractivity contribution in [1.82, 2.24) is 10.6 Å². The topological polar surface area (TPSA) is 45.7 Å². The molecule has 26 heavy (non-hydrogen) atoms. The van der Waals surface area contributed by atoms with Crippen molar-refractivity contribution >= 4 is 41.3 Å². The highest BCUT2D eigenvalue weighted by Gasteiger charge is 2.03. The Morgan fingerprint density at radius 1 is 1.08 bits per heavy atom. The highest BCUT2D eigenvalue weighted by atomic mass is 127. The lowest BCUT2D eigenvalue weighted by atomic mass is 10.1. The van der Waals surface area contributed by atoms with Crippen molar-refractivity contribution in [2.45, 2.75) is 53.0 Å². The van der Waals surface area contributed by atoms with Crippen LogP contribution in [0.2, 0.25) is 0 Å². The average molecular weight is 487 g/mol. The van der Waals surface area contributed by atoms with E-state index >= 15 is 0 Å². The molecule has 0 saturated heterocycles. The van der Waals surface area contributed by atoms with E-state index in [9.17, 15) is 0 Å². The predicted octanol–water partition coefficient (Wildman–Crippen LogP) is 4.72. The van der Waals surface area contributed by atoms with Crippen LogP contribution in [0.5, 0.6) is 0 Å². The van der Waals surface area contributed by atoms with Gasteiger partial charge in [0.25, 0.3) is 0 Å². The summed E-state index contributed by atoms with van der Waals surface area (Å²) in [6, 6.07) is 12.8. The summed E-state index contributed by atoms with van der Waals surface area (Å²) in [4.78, 5) is 7.04.